The Morgan fingerprint density at radius 2 is 1.50 bits per heavy atom. The van der Waals surface area contributed by atoms with Crippen molar-refractivity contribution in [1.29, 1.82) is 0 Å². The molecule has 0 saturated carbocycles. The summed E-state index contributed by atoms with van der Waals surface area (Å²) in [7, 11) is 4.46. The maximum Gasteiger partial charge on any atom is 0.272 e. The molecule has 1 atom stereocenters. The van der Waals surface area contributed by atoms with Crippen LogP contribution in [0.2, 0.25) is 10.0 Å². The Hall–Kier alpha value is -4.64. The SMILES string of the molecule is COc1cc(/C=C(/NC(=O)c2ccccc2)C(=O)Nc2cccc(SC(C)C(=O)Nc3cc(Cl)ccc3Cl)c2)cc(OC)c1OC. The van der Waals surface area contributed by atoms with Gasteiger partial charge in [-0.1, -0.05) is 47.5 Å². The summed E-state index contributed by atoms with van der Waals surface area (Å²) in [5, 5.41) is 8.65. The third kappa shape index (κ3) is 8.97. The minimum atomic E-state index is -0.582. The summed E-state index contributed by atoms with van der Waals surface area (Å²) >= 11 is 13.5. The van der Waals surface area contributed by atoms with Crippen molar-refractivity contribution >= 4 is 70.1 Å². The minimum absolute atomic E-state index is 0.0349. The predicted molar refractivity (Wildman–Crippen MR) is 183 cm³/mol. The molecule has 0 bridgehead atoms. The molecule has 0 heterocycles. The first-order valence-corrected chi connectivity index (χ1v) is 15.5. The van der Waals surface area contributed by atoms with Crippen LogP contribution < -0.4 is 30.2 Å². The lowest BCUT2D eigenvalue weighted by Gasteiger charge is -2.15. The van der Waals surface area contributed by atoms with Gasteiger partial charge in [-0.05, 0) is 79.2 Å². The van der Waals surface area contributed by atoms with Crippen molar-refractivity contribution in [1.82, 2.24) is 5.32 Å². The molecule has 4 rings (SSSR count). The van der Waals surface area contributed by atoms with Gasteiger partial charge in [0, 0.05) is 21.2 Å². The van der Waals surface area contributed by atoms with Crippen molar-refractivity contribution in [3.63, 3.8) is 0 Å². The van der Waals surface area contributed by atoms with E-state index in [9.17, 15) is 14.4 Å². The number of benzene rings is 4. The molecule has 3 amide bonds. The first-order valence-electron chi connectivity index (χ1n) is 13.8. The molecule has 1 unspecified atom stereocenters. The normalized spacial score (nSPS) is 11.7. The number of carbonyl (C=O) groups excluding carboxylic acids is 3. The van der Waals surface area contributed by atoms with Crippen molar-refractivity contribution in [3.8, 4) is 17.2 Å². The van der Waals surface area contributed by atoms with Crippen molar-refractivity contribution in [2.45, 2.75) is 17.1 Å². The predicted octanol–water partition coefficient (Wildman–Crippen LogP) is 7.55. The number of nitrogens with one attached hydrogen (secondary N) is 3. The standard InChI is InChI=1S/C34H31Cl2N3O6S/c1-20(32(40)38-27-18-23(35)13-14-26(27)36)46-25-12-8-11-24(19-25)37-34(42)28(39-33(41)22-9-6-5-7-10-22)15-21-16-29(43-2)31(45-4)30(17-21)44-3/h5-20H,1-4H3,(H,37,42)(H,38,40)(H,39,41)/b28-15+. The summed E-state index contributed by atoms with van der Waals surface area (Å²) in [6, 6.07) is 23.7. The van der Waals surface area contributed by atoms with E-state index in [1.165, 1.54) is 39.2 Å². The fourth-order valence-electron chi connectivity index (χ4n) is 4.22. The quantitative estimate of drug-likeness (QED) is 0.105. The van der Waals surface area contributed by atoms with Crippen LogP contribution >= 0.6 is 35.0 Å². The lowest BCUT2D eigenvalue weighted by Crippen LogP contribution is -2.30. The van der Waals surface area contributed by atoms with Gasteiger partial charge in [0.1, 0.15) is 5.70 Å². The lowest BCUT2D eigenvalue weighted by molar-refractivity contribution is -0.115. The van der Waals surface area contributed by atoms with Crippen LogP contribution in [0.25, 0.3) is 6.08 Å². The third-order valence-electron chi connectivity index (χ3n) is 6.49. The molecule has 3 N–H and O–H groups in total. The van der Waals surface area contributed by atoms with E-state index in [1.807, 2.05) is 6.07 Å². The highest BCUT2D eigenvalue weighted by molar-refractivity contribution is 8.00. The van der Waals surface area contributed by atoms with Gasteiger partial charge in [-0.15, -0.1) is 11.8 Å². The van der Waals surface area contributed by atoms with Gasteiger partial charge in [0.25, 0.3) is 11.8 Å². The number of hydrogen-bond donors (Lipinski definition) is 3. The molecule has 4 aromatic rings. The second-order valence-corrected chi connectivity index (χ2v) is 12.0. The Labute approximate surface area is 281 Å². The van der Waals surface area contributed by atoms with Crippen molar-refractivity contribution in [2.24, 2.45) is 0 Å². The fourth-order valence-corrected chi connectivity index (χ4v) is 5.49. The summed E-state index contributed by atoms with van der Waals surface area (Å²) in [5.41, 5.74) is 1.71. The number of rotatable bonds is 12. The highest BCUT2D eigenvalue weighted by Crippen LogP contribution is 2.39. The van der Waals surface area contributed by atoms with Crippen LogP contribution in [0.5, 0.6) is 17.2 Å². The molecule has 0 radical (unpaired) electrons. The largest absolute Gasteiger partial charge is 0.493 e. The molecule has 46 heavy (non-hydrogen) atoms. The summed E-state index contributed by atoms with van der Waals surface area (Å²) in [5.74, 6) is -0.192. The van der Waals surface area contributed by atoms with Crippen molar-refractivity contribution in [2.75, 3.05) is 32.0 Å². The number of amides is 3. The molecule has 12 heteroatoms. The van der Waals surface area contributed by atoms with Gasteiger partial charge in [0.15, 0.2) is 11.5 Å². The maximum absolute atomic E-state index is 13.6. The Balaban J connectivity index is 1.57. The number of hydrogen-bond acceptors (Lipinski definition) is 7. The number of thioether (sulfide) groups is 1. The third-order valence-corrected chi connectivity index (χ3v) is 8.15. The lowest BCUT2D eigenvalue weighted by atomic mass is 10.1. The topological polar surface area (TPSA) is 115 Å². The highest BCUT2D eigenvalue weighted by atomic mass is 35.5. The highest BCUT2D eigenvalue weighted by Gasteiger charge is 2.19. The van der Waals surface area contributed by atoms with Gasteiger partial charge in [0.2, 0.25) is 11.7 Å². The van der Waals surface area contributed by atoms with Gasteiger partial charge in [-0.3, -0.25) is 14.4 Å². The Morgan fingerprint density at radius 1 is 0.804 bits per heavy atom. The van der Waals surface area contributed by atoms with Crippen LogP contribution in [0, 0.1) is 0 Å². The first-order chi connectivity index (χ1) is 22.1. The molecule has 238 valence electrons. The van der Waals surface area contributed by atoms with Crippen LogP contribution in [-0.4, -0.2) is 44.3 Å². The zero-order chi connectivity index (χ0) is 33.2. The van der Waals surface area contributed by atoms with Crippen molar-refractivity contribution in [3.05, 3.63) is 112 Å². The van der Waals surface area contributed by atoms with Gasteiger partial charge in [-0.25, -0.2) is 0 Å². The number of anilines is 2. The van der Waals surface area contributed by atoms with Gasteiger partial charge >= 0.3 is 0 Å². The molecule has 0 aliphatic heterocycles. The zero-order valence-electron chi connectivity index (χ0n) is 25.4. The second-order valence-electron chi connectivity index (χ2n) is 9.69. The molecular formula is C34H31Cl2N3O6S. The van der Waals surface area contributed by atoms with Gasteiger partial charge in [0.05, 0.1) is 37.3 Å². The number of ether oxygens (including phenoxy) is 3. The molecule has 0 saturated heterocycles. The molecular weight excluding hydrogens is 649 g/mol. The monoisotopic (exact) mass is 679 g/mol. The second kappa shape index (κ2) is 16.1. The van der Waals surface area contributed by atoms with Gasteiger partial charge < -0.3 is 30.2 Å². The molecule has 0 aliphatic rings. The molecule has 9 nitrogen and oxygen atoms in total. The summed E-state index contributed by atoms with van der Waals surface area (Å²) in [6.07, 6.45) is 1.51. The van der Waals surface area contributed by atoms with Crippen LogP contribution in [-0.2, 0) is 9.59 Å². The van der Waals surface area contributed by atoms with E-state index in [2.05, 4.69) is 16.0 Å². The number of methoxy groups -OCH3 is 3. The average molecular weight is 681 g/mol. The van der Waals surface area contributed by atoms with Crippen LogP contribution in [0.15, 0.2) is 95.5 Å². The van der Waals surface area contributed by atoms with E-state index in [1.54, 1.807) is 85.8 Å². The van der Waals surface area contributed by atoms with E-state index in [4.69, 9.17) is 37.4 Å². The summed E-state index contributed by atoms with van der Waals surface area (Å²) in [6.45, 7) is 1.75. The Morgan fingerprint density at radius 3 is 2.15 bits per heavy atom. The Kier molecular flexibility index (Phi) is 12.0. The average Bonchev–Trinajstić information content (AvgIpc) is 3.06. The van der Waals surface area contributed by atoms with Crippen LogP contribution in [0.3, 0.4) is 0 Å². The van der Waals surface area contributed by atoms with E-state index in [0.29, 0.717) is 49.8 Å². The molecule has 0 spiro atoms. The van der Waals surface area contributed by atoms with Gasteiger partial charge in [-0.2, -0.15) is 0 Å². The maximum atomic E-state index is 13.6. The summed E-state index contributed by atoms with van der Waals surface area (Å²) < 4.78 is 16.3. The van der Waals surface area contributed by atoms with E-state index >= 15 is 0 Å². The number of carbonyl (C=O) groups is 3. The molecule has 0 fully saturated rings. The van der Waals surface area contributed by atoms with E-state index in [-0.39, 0.29) is 11.6 Å². The fraction of sp³-hybridized carbons (Fsp3) is 0.147. The molecule has 0 aliphatic carbocycles. The van der Waals surface area contributed by atoms with Crippen LogP contribution in [0.1, 0.15) is 22.8 Å². The molecule has 0 aromatic heterocycles. The van der Waals surface area contributed by atoms with E-state index in [0.717, 1.165) is 4.90 Å². The minimum Gasteiger partial charge on any atom is -0.493 e. The summed E-state index contributed by atoms with van der Waals surface area (Å²) in [4.78, 5) is 40.3. The smallest absolute Gasteiger partial charge is 0.272 e. The Bertz CT molecular complexity index is 1740. The first kappa shape index (κ1) is 34.2. The number of halogens is 2. The molecule has 4 aromatic carbocycles. The zero-order valence-corrected chi connectivity index (χ0v) is 27.7. The van der Waals surface area contributed by atoms with Crippen LogP contribution in [0.4, 0.5) is 11.4 Å². The van der Waals surface area contributed by atoms with Crippen molar-refractivity contribution < 1.29 is 28.6 Å². The van der Waals surface area contributed by atoms with E-state index < -0.39 is 17.1 Å².